The molecule has 0 spiro atoms. The molecule has 5 heteroatoms. The highest BCUT2D eigenvalue weighted by atomic mass is 19.1. The number of carbonyl (C=O) groups is 1. The van der Waals surface area contributed by atoms with Gasteiger partial charge in [-0.3, -0.25) is 4.79 Å². The molecule has 0 radical (unpaired) electrons. The van der Waals surface area contributed by atoms with Gasteiger partial charge in [0.2, 0.25) is 0 Å². The molecule has 0 aliphatic heterocycles. The average molecular weight is 283 g/mol. The van der Waals surface area contributed by atoms with E-state index in [2.05, 4.69) is 19.2 Å². The van der Waals surface area contributed by atoms with Crippen LogP contribution in [0.3, 0.4) is 0 Å². The third-order valence-electron chi connectivity index (χ3n) is 2.83. The van der Waals surface area contributed by atoms with Gasteiger partial charge in [0.25, 0.3) is 5.91 Å². The first kappa shape index (κ1) is 16.4. The van der Waals surface area contributed by atoms with E-state index in [0.717, 1.165) is 6.42 Å². The quantitative estimate of drug-likeness (QED) is 0.808. The Morgan fingerprint density at radius 2 is 2.10 bits per heavy atom. The van der Waals surface area contributed by atoms with Crippen LogP contribution in [0.1, 0.15) is 38.9 Å². The zero-order chi connectivity index (χ0) is 15.1. The minimum Gasteiger partial charge on any atom is -0.483 e. The molecule has 1 atom stereocenters. The maximum Gasteiger partial charge on any atom is 0.257 e. The molecule has 4 nitrogen and oxygen atoms in total. The van der Waals surface area contributed by atoms with Crippen molar-refractivity contribution in [3.63, 3.8) is 0 Å². The van der Waals surface area contributed by atoms with Crippen molar-refractivity contribution in [2.45, 2.75) is 33.3 Å². The Morgan fingerprint density at radius 1 is 1.40 bits per heavy atom. The predicted octanol–water partition coefficient (Wildman–Crippen LogP) is 2.42. The Hall–Kier alpha value is -1.62. The van der Waals surface area contributed by atoms with E-state index in [-0.39, 0.29) is 18.3 Å². The molecule has 0 aliphatic rings. The molecule has 1 aromatic carbocycles. The van der Waals surface area contributed by atoms with E-state index in [0.29, 0.717) is 18.0 Å². The van der Waals surface area contributed by atoms with Gasteiger partial charge in [-0.15, -0.1) is 0 Å². The summed E-state index contributed by atoms with van der Waals surface area (Å²) in [6.45, 7) is 6.10. The van der Waals surface area contributed by atoms with E-state index in [9.17, 15) is 14.3 Å². The second kappa shape index (κ2) is 7.85. The second-order valence-corrected chi connectivity index (χ2v) is 5.18. The van der Waals surface area contributed by atoms with Crippen molar-refractivity contribution >= 4 is 5.91 Å². The lowest BCUT2D eigenvalue weighted by molar-refractivity contribution is -0.123. The van der Waals surface area contributed by atoms with Gasteiger partial charge < -0.3 is 15.2 Å². The lowest BCUT2D eigenvalue weighted by Gasteiger charge is -2.13. The van der Waals surface area contributed by atoms with Crippen molar-refractivity contribution in [2.24, 2.45) is 5.92 Å². The van der Waals surface area contributed by atoms with Gasteiger partial charge in [-0.1, -0.05) is 13.8 Å². The first-order valence-corrected chi connectivity index (χ1v) is 6.77. The third kappa shape index (κ3) is 5.57. The lowest BCUT2D eigenvalue weighted by atomic mass is 10.1. The van der Waals surface area contributed by atoms with Crippen LogP contribution in [0.2, 0.25) is 0 Å². The number of halogens is 1. The maximum atomic E-state index is 13.2. The number of carbonyl (C=O) groups excluding carboxylic acids is 1. The number of rotatable bonds is 7. The highest BCUT2D eigenvalue weighted by Crippen LogP contribution is 2.25. The fourth-order valence-corrected chi connectivity index (χ4v) is 1.67. The van der Waals surface area contributed by atoms with Gasteiger partial charge in [-0.2, -0.15) is 0 Å². The summed E-state index contributed by atoms with van der Waals surface area (Å²) < 4.78 is 18.5. The van der Waals surface area contributed by atoms with Crippen LogP contribution in [0.4, 0.5) is 4.39 Å². The first-order valence-electron chi connectivity index (χ1n) is 6.77. The fourth-order valence-electron chi connectivity index (χ4n) is 1.67. The highest BCUT2D eigenvalue weighted by molar-refractivity contribution is 5.77. The zero-order valence-electron chi connectivity index (χ0n) is 12.1. The van der Waals surface area contributed by atoms with Crippen molar-refractivity contribution in [3.05, 3.63) is 29.6 Å². The molecule has 0 bridgehead atoms. The molecular weight excluding hydrogens is 261 g/mol. The predicted molar refractivity (Wildman–Crippen MR) is 75.0 cm³/mol. The first-order chi connectivity index (χ1) is 9.40. The maximum absolute atomic E-state index is 13.2. The molecule has 1 aromatic rings. The Kier molecular flexibility index (Phi) is 6.45. The van der Waals surface area contributed by atoms with Crippen LogP contribution in [0.25, 0.3) is 0 Å². The Bertz CT molecular complexity index is 447. The number of aliphatic hydroxyl groups is 1. The molecule has 0 saturated heterocycles. The van der Waals surface area contributed by atoms with Crippen LogP contribution >= 0.6 is 0 Å². The molecule has 0 unspecified atom stereocenters. The van der Waals surface area contributed by atoms with E-state index >= 15 is 0 Å². The highest BCUT2D eigenvalue weighted by Gasteiger charge is 2.12. The van der Waals surface area contributed by atoms with Crippen molar-refractivity contribution in [3.8, 4) is 5.75 Å². The minimum atomic E-state index is -0.783. The topological polar surface area (TPSA) is 58.6 Å². The number of aliphatic hydroxyl groups excluding tert-OH is 1. The molecule has 112 valence electrons. The van der Waals surface area contributed by atoms with Gasteiger partial charge in [0, 0.05) is 18.2 Å². The molecule has 0 fully saturated rings. The normalized spacial score (nSPS) is 12.3. The van der Waals surface area contributed by atoms with Crippen molar-refractivity contribution in [1.82, 2.24) is 5.32 Å². The number of ether oxygens (including phenoxy) is 1. The summed E-state index contributed by atoms with van der Waals surface area (Å²) in [5, 5.41) is 12.3. The van der Waals surface area contributed by atoms with Gasteiger partial charge in [-0.05, 0) is 31.4 Å². The minimum absolute atomic E-state index is 0.193. The lowest BCUT2D eigenvalue weighted by Crippen LogP contribution is -2.30. The van der Waals surface area contributed by atoms with Gasteiger partial charge >= 0.3 is 0 Å². The third-order valence-corrected chi connectivity index (χ3v) is 2.83. The van der Waals surface area contributed by atoms with Gasteiger partial charge in [0.1, 0.15) is 11.6 Å². The molecule has 0 aliphatic carbocycles. The number of hydrogen-bond donors (Lipinski definition) is 2. The average Bonchev–Trinajstić information content (AvgIpc) is 2.35. The smallest absolute Gasteiger partial charge is 0.257 e. The Morgan fingerprint density at radius 3 is 2.70 bits per heavy atom. The van der Waals surface area contributed by atoms with Gasteiger partial charge in [0.15, 0.2) is 6.61 Å². The summed E-state index contributed by atoms with van der Waals surface area (Å²) in [6.07, 6.45) is 0.111. The van der Waals surface area contributed by atoms with Crippen molar-refractivity contribution < 1.29 is 19.0 Å². The van der Waals surface area contributed by atoms with Crippen LogP contribution < -0.4 is 10.1 Å². The Labute approximate surface area is 119 Å². The van der Waals surface area contributed by atoms with Gasteiger partial charge in [-0.25, -0.2) is 4.39 Å². The van der Waals surface area contributed by atoms with E-state index in [1.54, 1.807) is 6.92 Å². The monoisotopic (exact) mass is 283 g/mol. The van der Waals surface area contributed by atoms with Crippen LogP contribution in [-0.2, 0) is 4.79 Å². The van der Waals surface area contributed by atoms with Crippen LogP contribution in [0.5, 0.6) is 5.75 Å². The van der Waals surface area contributed by atoms with Crippen molar-refractivity contribution in [2.75, 3.05) is 13.2 Å². The summed E-state index contributed by atoms with van der Waals surface area (Å²) >= 11 is 0. The van der Waals surface area contributed by atoms with E-state index in [1.807, 2.05) is 0 Å². The molecule has 0 heterocycles. The van der Waals surface area contributed by atoms with Crippen LogP contribution in [0, 0.1) is 11.7 Å². The zero-order valence-corrected chi connectivity index (χ0v) is 12.1. The standard InChI is InChI=1S/C15H22FNO3/c1-10(2)6-7-17-15(19)9-20-14-8-12(16)4-5-13(14)11(3)18/h4-5,8,10-11,18H,6-7,9H2,1-3H3,(H,17,19)/t11-/m1/s1. The molecule has 20 heavy (non-hydrogen) atoms. The van der Waals surface area contributed by atoms with E-state index < -0.39 is 11.9 Å². The number of amides is 1. The number of benzene rings is 1. The SMILES string of the molecule is CC(C)CCNC(=O)COc1cc(F)ccc1[C@@H](C)O. The van der Waals surface area contributed by atoms with Crippen LogP contribution in [0.15, 0.2) is 18.2 Å². The summed E-state index contributed by atoms with van der Waals surface area (Å²) in [4.78, 5) is 11.6. The number of hydrogen-bond acceptors (Lipinski definition) is 3. The molecule has 0 saturated carbocycles. The molecule has 2 N–H and O–H groups in total. The summed E-state index contributed by atoms with van der Waals surface area (Å²) in [5.41, 5.74) is 0.460. The summed E-state index contributed by atoms with van der Waals surface area (Å²) in [5.74, 6) is -0.0173. The second-order valence-electron chi connectivity index (χ2n) is 5.18. The molecule has 1 amide bonds. The molecular formula is C15H22FNO3. The molecule has 1 rings (SSSR count). The van der Waals surface area contributed by atoms with E-state index in [4.69, 9.17) is 4.74 Å². The number of nitrogens with one attached hydrogen (secondary N) is 1. The summed E-state index contributed by atoms with van der Waals surface area (Å²) in [6, 6.07) is 3.87. The molecule has 0 aromatic heterocycles. The van der Waals surface area contributed by atoms with Gasteiger partial charge in [0.05, 0.1) is 6.10 Å². The summed E-state index contributed by atoms with van der Waals surface area (Å²) in [7, 11) is 0. The van der Waals surface area contributed by atoms with Crippen molar-refractivity contribution in [1.29, 1.82) is 0 Å². The fraction of sp³-hybridized carbons (Fsp3) is 0.533. The Balaban J connectivity index is 2.52. The largest absolute Gasteiger partial charge is 0.483 e. The van der Waals surface area contributed by atoms with E-state index in [1.165, 1.54) is 18.2 Å². The van der Waals surface area contributed by atoms with Crippen LogP contribution in [-0.4, -0.2) is 24.2 Å².